The predicted molar refractivity (Wildman–Crippen MR) is 128 cm³/mol. The predicted octanol–water partition coefficient (Wildman–Crippen LogP) is 6.56. The average Bonchev–Trinajstić information content (AvgIpc) is 3.37. The first-order chi connectivity index (χ1) is 15.0. The number of hydrogen-bond donors (Lipinski definition) is 0. The summed E-state index contributed by atoms with van der Waals surface area (Å²) in [5, 5.41) is 13.3. The van der Waals surface area contributed by atoms with Crippen molar-refractivity contribution in [3.8, 4) is 16.3 Å². The van der Waals surface area contributed by atoms with E-state index in [1.165, 1.54) is 11.1 Å². The molecule has 0 aliphatic rings. The Morgan fingerprint density at radius 1 is 1.10 bits per heavy atom. The quantitative estimate of drug-likeness (QED) is 0.273. The van der Waals surface area contributed by atoms with Crippen molar-refractivity contribution in [3.05, 3.63) is 75.5 Å². The van der Waals surface area contributed by atoms with E-state index in [0.29, 0.717) is 6.61 Å². The summed E-state index contributed by atoms with van der Waals surface area (Å²) in [6.45, 7) is 7.39. The van der Waals surface area contributed by atoms with Crippen LogP contribution in [0.1, 0.15) is 29.6 Å². The van der Waals surface area contributed by atoms with E-state index in [-0.39, 0.29) is 0 Å². The highest BCUT2D eigenvalue weighted by molar-refractivity contribution is 7.98. The molecule has 2 aromatic heterocycles. The second-order valence-electron chi connectivity index (χ2n) is 7.17. The van der Waals surface area contributed by atoms with Gasteiger partial charge >= 0.3 is 0 Å². The van der Waals surface area contributed by atoms with Crippen LogP contribution in [0, 0.1) is 13.8 Å². The number of rotatable bonds is 8. The smallest absolute Gasteiger partial charge is 0.191 e. The molecule has 0 aliphatic heterocycles. The number of aromatic nitrogens is 4. The largest absolute Gasteiger partial charge is 0.486 e. The van der Waals surface area contributed by atoms with Gasteiger partial charge in [0.25, 0.3) is 0 Å². The molecule has 2 heterocycles. The summed E-state index contributed by atoms with van der Waals surface area (Å²) in [6, 6.07) is 14.0. The zero-order valence-electron chi connectivity index (χ0n) is 17.6. The van der Waals surface area contributed by atoms with Gasteiger partial charge in [0.2, 0.25) is 0 Å². The maximum Gasteiger partial charge on any atom is 0.191 e. The van der Waals surface area contributed by atoms with Gasteiger partial charge in [-0.1, -0.05) is 47.6 Å². The third-order valence-corrected chi connectivity index (χ3v) is 6.93. The lowest BCUT2D eigenvalue weighted by Gasteiger charge is -2.10. The van der Waals surface area contributed by atoms with Crippen LogP contribution in [0.15, 0.2) is 53.0 Å². The second kappa shape index (κ2) is 9.85. The monoisotopic (exact) mass is 470 g/mol. The molecule has 0 aliphatic carbocycles. The van der Waals surface area contributed by atoms with Crippen molar-refractivity contribution in [2.75, 3.05) is 0 Å². The maximum absolute atomic E-state index is 6.30. The fourth-order valence-corrected chi connectivity index (χ4v) is 5.44. The van der Waals surface area contributed by atoms with Crippen LogP contribution in [0.5, 0.6) is 5.75 Å². The molecule has 31 heavy (non-hydrogen) atoms. The van der Waals surface area contributed by atoms with Gasteiger partial charge in [-0.25, -0.2) is 4.98 Å². The molecule has 0 unspecified atom stereocenters. The topological polar surface area (TPSA) is 52.8 Å². The molecule has 0 saturated carbocycles. The normalized spacial score (nSPS) is 11.1. The minimum absolute atomic E-state index is 0.387. The van der Waals surface area contributed by atoms with Crippen LogP contribution in [0.2, 0.25) is 5.02 Å². The molecule has 0 fully saturated rings. The van der Waals surface area contributed by atoms with Crippen molar-refractivity contribution in [3.63, 3.8) is 0 Å². The first kappa shape index (κ1) is 21.9. The summed E-state index contributed by atoms with van der Waals surface area (Å²) in [5.41, 5.74) is 4.34. The van der Waals surface area contributed by atoms with Gasteiger partial charge in [0.05, 0.1) is 10.7 Å². The summed E-state index contributed by atoms with van der Waals surface area (Å²) < 4.78 is 8.07. The molecule has 4 rings (SSSR count). The lowest BCUT2D eigenvalue weighted by molar-refractivity contribution is 0.288. The molecular formula is C23H23ClN4OS2. The molecule has 0 N–H and O–H groups in total. The third kappa shape index (κ3) is 5.29. The molecule has 0 spiro atoms. The molecule has 5 nitrogen and oxygen atoms in total. The van der Waals surface area contributed by atoms with E-state index in [4.69, 9.17) is 21.3 Å². The van der Waals surface area contributed by atoms with Crippen LogP contribution in [-0.4, -0.2) is 19.7 Å². The van der Waals surface area contributed by atoms with Crippen LogP contribution in [-0.2, 0) is 18.9 Å². The van der Waals surface area contributed by atoms with Gasteiger partial charge in [0.1, 0.15) is 17.4 Å². The van der Waals surface area contributed by atoms with Crippen molar-refractivity contribution >= 4 is 34.7 Å². The second-order valence-corrected chi connectivity index (χ2v) is 9.38. The van der Waals surface area contributed by atoms with Crippen LogP contribution >= 0.6 is 34.7 Å². The minimum Gasteiger partial charge on any atom is -0.486 e. The van der Waals surface area contributed by atoms with Crippen molar-refractivity contribution in [1.29, 1.82) is 0 Å². The Hall–Kier alpha value is -2.35. The molecule has 2 aromatic carbocycles. The Balaban J connectivity index is 1.42. The van der Waals surface area contributed by atoms with E-state index in [1.54, 1.807) is 23.1 Å². The highest BCUT2D eigenvalue weighted by atomic mass is 35.5. The van der Waals surface area contributed by atoms with E-state index in [9.17, 15) is 0 Å². The molecule has 0 saturated heterocycles. The number of thioether (sulfide) groups is 1. The molecule has 0 amide bonds. The number of hydrogen-bond acceptors (Lipinski definition) is 6. The summed E-state index contributed by atoms with van der Waals surface area (Å²) >= 11 is 9.54. The number of nitrogens with zero attached hydrogens (tertiary/aromatic N) is 4. The zero-order valence-corrected chi connectivity index (χ0v) is 20.0. The van der Waals surface area contributed by atoms with Crippen LogP contribution in [0.3, 0.4) is 0 Å². The number of aryl methyl sites for hydroxylation is 2. The molecular weight excluding hydrogens is 448 g/mol. The van der Waals surface area contributed by atoms with Gasteiger partial charge in [-0.3, -0.25) is 0 Å². The van der Waals surface area contributed by atoms with Gasteiger partial charge in [-0.2, -0.15) is 0 Å². The van der Waals surface area contributed by atoms with Gasteiger partial charge in [0.15, 0.2) is 11.0 Å². The van der Waals surface area contributed by atoms with Gasteiger partial charge in [-0.15, -0.1) is 21.5 Å². The SMILES string of the molecule is CCn1c(COc2cc(C)cc(C)c2)nnc1SCc1csc(-c2ccccc2Cl)n1. The average molecular weight is 471 g/mol. The maximum atomic E-state index is 6.30. The Morgan fingerprint density at radius 2 is 1.87 bits per heavy atom. The third-order valence-electron chi connectivity index (χ3n) is 4.68. The standard InChI is InChI=1S/C23H23ClN4OS2/c1-4-28-21(12-29-18-10-15(2)9-16(3)11-18)26-27-23(28)31-14-17-13-30-22(25-17)19-7-5-6-8-20(19)24/h5-11,13H,4,12,14H2,1-3H3. The molecule has 4 aromatic rings. The summed E-state index contributed by atoms with van der Waals surface area (Å²) in [6.07, 6.45) is 0. The fourth-order valence-electron chi connectivity index (χ4n) is 3.28. The number of benzene rings is 2. The summed E-state index contributed by atoms with van der Waals surface area (Å²) in [7, 11) is 0. The Bertz CT molecular complexity index is 1170. The van der Waals surface area contributed by atoms with E-state index in [2.05, 4.69) is 47.0 Å². The minimum atomic E-state index is 0.387. The lowest BCUT2D eigenvalue weighted by Crippen LogP contribution is -2.07. The van der Waals surface area contributed by atoms with Gasteiger partial charge in [-0.05, 0) is 50.1 Å². The highest BCUT2D eigenvalue weighted by Gasteiger charge is 2.14. The number of thiazole rings is 1. The lowest BCUT2D eigenvalue weighted by atomic mass is 10.1. The summed E-state index contributed by atoms with van der Waals surface area (Å²) in [5.74, 6) is 2.39. The van der Waals surface area contributed by atoms with E-state index >= 15 is 0 Å². The Labute approximate surface area is 195 Å². The van der Waals surface area contributed by atoms with Crippen LogP contribution < -0.4 is 4.74 Å². The Morgan fingerprint density at radius 3 is 2.61 bits per heavy atom. The van der Waals surface area contributed by atoms with Crippen molar-refractivity contribution in [1.82, 2.24) is 19.7 Å². The zero-order chi connectivity index (χ0) is 21.8. The van der Waals surface area contributed by atoms with Crippen molar-refractivity contribution < 1.29 is 4.74 Å². The van der Waals surface area contributed by atoms with Gasteiger partial charge < -0.3 is 9.30 Å². The first-order valence-corrected chi connectivity index (χ1v) is 12.2. The van der Waals surface area contributed by atoms with E-state index in [1.807, 2.05) is 36.4 Å². The number of halogens is 1. The molecule has 0 radical (unpaired) electrons. The molecule has 0 bridgehead atoms. The molecule has 8 heteroatoms. The fraction of sp³-hybridized carbons (Fsp3) is 0.261. The molecule has 0 atom stereocenters. The van der Waals surface area contributed by atoms with Gasteiger partial charge in [0, 0.05) is 23.2 Å². The first-order valence-electron chi connectivity index (χ1n) is 9.98. The Kier molecular flexibility index (Phi) is 6.95. The highest BCUT2D eigenvalue weighted by Crippen LogP contribution is 2.32. The van der Waals surface area contributed by atoms with E-state index in [0.717, 1.165) is 50.3 Å². The molecule has 160 valence electrons. The van der Waals surface area contributed by atoms with Crippen molar-refractivity contribution in [2.45, 2.75) is 44.8 Å². The summed E-state index contributed by atoms with van der Waals surface area (Å²) in [4.78, 5) is 4.74. The van der Waals surface area contributed by atoms with Crippen LogP contribution in [0.25, 0.3) is 10.6 Å². The van der Waals surface area contributed by atoms with Crippen LogP contribution in [0.4, 0.5) is 0 Å². The van der Waals surface area contributed by atoms with E-state index < -0.39 is 0 Å². The number of ether oxygens (including phenoxy) is 1. The van der Waals surface area contributed by atoms with Crippen molar-refractivity contribution in [2.24, 2.45) is 0 Å².